The number of pyridine rings is 1. The Morgan fingerprint density at radius 3 is 2.62 bits per heavy atom. The van der Waals surface area contributed by atoms with E-state index in [4.69, 9.17) is 25.8 Å². The van der Waals surface area contributed by atoms with Gasteiger partial charge in [-0.2, -0.15) is 0 Å². The molecule has 2 aliphatic rings. The van der Waals surface area contributed by atoms with Crippen LogP contribution in [0.2, 0.25) is 5.15 Å². The highest BCUT2D eigenvalue weighted by Crippen LogP contribution is 2.24. The molecule has 11 nitrogen and oxygen atoms in total. The summed E-state index contributed by atoms with van der Waals surface area (Å²) in [4.78, 5) is 57.6. The largest absolute Gasteiger partial charge is 0.490 e. The zero-order valence-electron chi connectivity index (χ0n) is 22.7. The van der Waals surface area contributed by atoms with Gasteiger partial charge >= 0.3 is 12.2 Å². The van der Waals surface area contributed by atoms with Gasteiger partial charge in [0.25, 0.3) is 5.91 Å². The Hall–Kier alpha value is -4.12. The van der Waals surface area contributed by atoms with Gasteiger partial charge in [-0.3, -0.25) is 14.5 Å². The summed E-state index contributed by atoms with van der Waals surface area (Å²) < 4.78 is 16.7. The Kier molecular flexibility index (Phi) is 8.63. The van der Waals surface area contributed by atoms with Gasteiger partial charge in [0, 0.05) is 19.0 Å². The lowest BCUT2D eigenvalue weighted by molar-refractivity contribution is -0.116. The molecule has 1 fully saturated rings. The Balaban J connectivity index is 1.68. The second-order valence-corrected chi connectivity index (χ2v) is 10.8. The molecule has 1 saturated heterocycles. The number of nitrogens with one attached hydrogen (secondary N) is 1. The summed E-state index contributed by atoms with van der Waals surface area (Å²) in [5.41, 5.74) is 0.155. The van der Waals surface area contributed by atoms with E-state index < -0.39 is 35.8 Å². The molecular formula is C28H31ClN4O7. The van der Waals surface area contributed by atoms with Gasteiger partial charge in [-0.25, -0.2) is 19.5 Å². The number of carbonyl (C=O) groups excluding carboxylic acids is 4. The first kappa shape index (κ1) is 28.9. The molecule has 2 atom stereocenters. The Bertz CT molecular complexity index is 1340. The summed E-state index contributed by atoms with van der Waals surface area (Å²) in [6.07, 6.45) is 1.22. The van der Waals surface area contributed by atoms with E-state index in [-0.39, 0.29) is 48.6 Å². The van der Waals surface area contributed by atoms with Crippen molar-refractivity contribution in [3.8, 4) is 5.75 Å². The number of nitrogens with zero attached hydrogens (tertiary/aromatic N) is 3. The lowest BCUT2D eigenvalue weighted by atomic mass is 10.00. The van der Waals surface area contributed by atoms with Crippen molar-refractivity contribution in [2.45, 2.75) is 51.9 Å². The second-order valence-electron chi connectivity index (χ2n) is 10.4. The normalized spacial score (nSPS) is 19.9. The molecule has 2 aliphatic heterocycles. The number of imide groups is 1. The van der Waals surface area contributed by atoms with Crippen molar-refractivity contribution in [2.24, 2.45) is 0 Å². The van der Waals surface area contributed by atoms with E-state index >= 15 is 0 Å². The van der Waals surface area contributed by atoms with Gasteiger partial charge in [0.15, 0.2) is 0 Å². The zero-order valence-corrected chi connectivity index (χ0v) is 23.4. The summed E-state index contributed by atoms with van der Waals surface area (Å²) in [6.45, 7) is 6.79. The van der Waals surface area contributed by atoms with Crippen LogP contribution in [0, 0.1) is 0 Å². The average Bonchev–Trinajstić information content (AvgIpc) is 3.25. The van der Waals surface area contributed by atoms with E-state index in [9.17, 15) is 19.2 Å². The highest BCUT2D eigenvalue weighted by atomic mass is 35.5. The van der Waals surface area contributed by atoms with Crippen LogP contribution in [0.1, 0.15) is 43.6 Å². The molecule has 3 heterocycles. The minimum atomic E-state index is -0.874. The van der Waals surface area contributed by atoms with Crippen molar-refractivity contribution in [3.63, 3.8) is 0 Å². The van der Waals surface area contributed by atoms with Crippen molar-refractivity contribution >= 4 is 41.4 Å². The van der Waals surface area contributed by atoms with Crippen molar-refractivity contribution in [3.05, 3.63) is 64.8 Å². The van der Waals surface area contributed by atoms with Crippen molar-refractivity contribution in [1.82, 2.24) is 15.2 Å². The molecule has 212 valence electrons. The summed E-state index contributed by atoms with van der Waals surface area (Å²) >= 11 is 6.24. The Labute approximate surface area is 237 Å². The molecule has 4 amide bonds. The fraction of sp³-hybridized carbons (Fsp3) is 0.393. The highest BCUT2D eigenvalue weighted by molar-refractivity contribution is 6.30. The minimum Gasteiger partial charge on any atom is -0.490 e. The third kappa shape index (κ3) is 7.29. The van der Waals surface area contributed by atoms with Crippen LogP contribution >= 0.6 is 11.6 Å². The third-order valence-electron chi connectivity index (χ3n) is 6.07. The van der Waals surface area contributed by atoms with Crippen molar-refractivity contribution < 1.29 is 33.4 Å². The predicted octanol–water partition coefficient (Wildman–Crippen LogP) is 4.13. The molecule has 2 aromatic rings. The standard InChI is InChI=1S/C28H31ClN4O7/c1-17(34)32-10-5-6-11-38-20-9-7-8-18(12-20)13-21(30-25(35)19-14-23(29)31-24(32)15-19)22-16-33(26(36)39-22)27(37)40-28(2,3)4/h5-9,12,14-15,21-22H,10-11,13,16H2,1-4H3,(H,30,35)/t21-,22+/m0/s1. The number of amides is 4. The lowest BCUT2D eigenvalue weighted by Gasteiger charge is -2.25. The Morgan fingerprint density at radius 1 is 1.12 bits per heavy atom. The number of halogens is 1. The molecule has 0 saturated carbocycles. The molecule has 0 aliphatic carbocycles. The number of aromatic nitrogens is 1. The molecule has 1 aromatic heterocycles. The van der Waals surface area contributed by atoms with Crippen LogP contribution in [0.4, 0.5) is 15.4 Å². The predicted molar refractivity (Wildman–Crippen MR) is 147 cm³/mol. The topological polar surface area (TPSA) is 127 Å². The third-order valence-corrected chi connectivity index (χ3v) is 6.26. The molecule has 0 spiro atoms. The molecule has 0 unspecified atom stereocenters. The van der Waals surface area contributed by atoms with Crippen molar-refractivity contribution in [2.75, 3.05) is 24.6 Å². The van der Waals surface area contributed by atoms with Crippen LogP contribution < -0.4 is 15.0 Å². The van der Waals surface area contributed by atoms with Gasteiger partial charge in [-0.15, -0.1) is 0 Å². The quantitative estimate of drug-likeness (QED) is 0.400. The molecule has 1 N–H and O–H groups in total. The first-order valence-corrected chi connectivity index (χ1v) is 13.1. The summed E-state index contributed by atoms with van der Waals surface area (Å²) in [5.74, 6) is -0.0208. The molecule has 4 rings (SSSR count). The molecule has 40 heavy (non-hydrogen) atoms. The van der Waals surface area contributed by atoms with Gasteiger partial charge < -0.3 is 19.5 Å². The average molecular weight is 571 g/mol. The number of carbonyl (C=O) groups is 4. The van der Waals surface area contributed by atoms with Crippen LogP contribution in [-0.4, -0.2) is 71.3 Å². The number of cyclic esters (lactones) is 1. The molecule has 4 bridgehead atoms. The number of hydrogen-bond acceptors (Lipinski definition) is 8. The first-order valence-electron chi connectivity index (χ1n) is 12.7. The molecule has 0 radical (unpaired) electrons. The Morgan fingerprint density at radius 2 is 1.90 bits per heavy atom. The van der Waals surface area contributed by atoms with E-state index in [0.29, 0.717) is 5.75 Å². The minimum absolute atomic E-state index is 0.0231. The van der Waals surface area contributed by atoms with Crippen molar-refractivity contribution in [1.29, 1.82) is 0 Å². The van der Waals surface area contributed by atoms with Gasteiger partial charge in [0.05, 0.1) is 12.6 Å². The first-order chi connectivity index (χ1) is 18.9. The zero-order chi connectivity index (χ0) is 29.0. The van der Waals surface area contributed by atoms with Gasteiger partial charge in [0.2, 0.25) is 5.91 Å². The molecule has 12 heteroatoms. The number of rotatable bonds is 1. The fourth-order valence-electron chi connectivity index (χ4n) is 4.23. The second kappa shape index (κ2) is 12.0. The maximum atomic E-state index is 13.5. The maximum absolute atomic E-state index is 13.5. The van der Waals surface area contributed by atoms with Crippen LogP contribution in [0.5, 0.6) is 5.75 Å². The van der Waals surface area contributed by atoms with Crippen LogP contribution in [0.25, 0.3) is 0 Å². The van der Waals surface area contributed by atoms with E-state index in [0.717, 1.165) is 10.5 Å². The van der Waals surface area contributed by atoms with Gasteiger partial charge in [-0.05, 0) is 63.1 Å². The van der Waals surface area contributed by atoms with Gasteiger partial charge in [-0.1, -0.05) is 29.8 Å². The summed E-state index contributed by atoms with van der Waals surface area (Å²) in [5, 5.41) is 2.94. The lowest BCUT2D eigenvalue weighted by Crippen LogP contribution is -2.47. The number of anilines is 1. The van der Waals surface area contributed by atoms with Crippen LogP contribution in [0.3, 0.4) is 0 Å². The van der Waals surface area contributed by atoms with E-state index in [2.05, 4.69) is 10.3 Å². The number of benzene rings is 1. The highest BCUT2D eigenvalue weighted by Gasteiger charge is 2.42. The maximum Gasteiger partial charge on any atom is 0.419 e. The van der Waals surface area contributed by atoms with Gasteiger partial charge in [0.1, 0.15) is 35.0 Å². The van der Waals surface area contributed by atoms with E-state index in [1.54, 1.807) is 39.0 Å². The molecule has 1 aromatic carbocycles. The van der Waals surface area contributed by atoms with E-state index in [1.165, 1.54) is 24.0 Å². The monoisotopic (exact) mass is 570 g/mol. The number of hydrogen-bond donors (Lipinski definition) is 1. The molecular weight excluding hydrogens is 540 g/mol. The number of ether oxygens (including phenoxy) is 3. The van der Waals surface area contributed by atoms with Crippen LogP contribution in [0.15, 0.2) is 48.6 Å². The van der Waals surface area contributed by atoms with E-state index in [1.807, 2.05) is 18.2 Å². The fourth-order valence-corrected chi connectivity index (χ4v) is 4.44. The number of fused-ring (bicyclic) bond motifs is 4. The smallest absolute Gasteiger partial charge is 0.419 e. The SMILES string of the molecule is CC(=O)N1CC=CCOc2cccc(c2)C[C@@H]([C@H]2CN(C(=O)OC(C)(C)C)C(=O)O2)NC(=O)c2cc(Cl)nc1c2. The summed E-state index contributed by atoms with van der Waals surface area (Å²) in [7, 11) is 0. The summed E-state index contributed by atoms with van der Waals surface area (Å²) in [6, 6.07) is 9.40. The van der Waals surface area contributed by atoms with Crippen LogP contribution in [-0.2, 0) is 20.7 Å².